The molecular weight excluding hydrogens is 442 g/mol. The van der Waals surface area contributed by atoms with E-state index in [2.05, 4.69) is 25.3 Å². The monoisotopic (exact) mass is 452 g/mol. The zero-order valence-electron chi connectivity index (χ0n) is 13.6. The molecule has 3 rings (SSSR count). The van der Waals surface area contributed by atoms with Gasteiger partial charge in [-0.15, -0.1) is 25.3 Å². The van der Waals surface area contributed by atoms with Crippen molar-refractivity contribution in [1.82, 2.24) is 9.13 Å². The predicted octanol–water partition coefficient (Wildman–Crippen LogP) is 6.61. The van der Waals surface area contributed by atoms with E-state index in [1.165, 1.54) is 33.4 Å². The van der Waals surface area contributed by atoms with E-state index in [1.54, 1.807) is 0 Å². The maximum Gasteiger partial charge on any atom is 0.416 e. The minimum Gasteiger partial charge on any atom is -0.279 e. The van der Waals surface area contributed by atoms with Crippen molar-refractivity contribution >= 4 is 37.5 Å². The van der Waals surface area contributed by atoms with E-state index in [-0.39, 0.29) is 14.8 Å². The number of halogens is 6. The van der Waals surface area contributed by atoms with Crippen molar-refractivity contribution in [3.05, 3.63) is 64.4 Å². The lowest BCUT2D eigenvalue weighted by Crippen LogP contribution is -2.06. The summed E-state index contributed by atoms with van der Waals surface area (Å²) in [4.78, 5) is 0. The van der Waals surface area contributed by atoms with Crippen molar-refractivity contribution in [3.63, 3.8) is 0 Å². The Bertz CT molecular complexity index is 977. The zero-order chi connectivity index (χ0) is 20.9. The van der Waals surface area contributed by atoms with Crippen LogP contribution < -0.4 is 0 Å². The van der Waals surface area contributed by atoms with Crippen LogP contribution in [0.15, 0.2) is 58.6 Å². The van der Waals surface area contributed by atoms with Crippen LogP contribution in [0.25, 0.3) is 11.4 Å². The Morgan fingerprint density at radius 3 is 1.14 bits per heavy atom. The van der Waals surface area contributed by atoms with Gasteiger partial charge in [-0.25, -0.2) is 0 Å². The summed E-state index contributed by atoms with van der Waals surface area (Å²) in [5.41, 5.74) is -1.03. The molecule has 1 heterocycles. The van der Waals surface area contributed by atoms with E-state index in [1.807, 2.05) is 0 Å². The van der Waals surface area contributed by atoms with E-state index in [0.29, 0.717) is 11.4 Å². The molecular formula is C17H10F6N2S3. The first kappa shape index (κ1) is 20.9. The highest BCUT2D eigenvalue weighted by Gasteiger charge is 2.31. The topological polar surface area (TPSA) is 9.86 Å². The molecule has 0 aliphatic carbocycles. The van der Waals surface area contributed by atoms with Gasteiger partial charge < -0.3 is 0 Å². The molecule has 2 aromatic carbocycles. The molecule has 0 aliphatic heterocycles. The molecule has 0 amide bonds. The Morgan fingerprint density at radius 2 is 0.893 bits per heavy atom. The van der Waals surface area contributed by atoms with Gasteiger partial charge >= 0.3 is 12.4 Å². The minimum atomic E-state index is -4.48. The molecule has 0 fully saturated rings. The number of benzene rings is 2. The minimum absolute atomic E-state index is 0.0921. The molecule has 0 atom stereocenters. The summed E-state index contributed by atoms with van der Waals surface area (Å²) in [6, 6.07) is 8.50. The Labute approximate surface area is 171 Å². The number of hydrogen-bond donors (Lipinski definition) is 2. The van der Waals surface area contributed by atoms with Crippen LogP contribution >= 0.6 is 37.5 Å². The van der Waals surface area contributed by atoms with Crippen LogP contribution in [-0.2, 0) is 12.4 Å². The number of hydrogen-bond acceptors (Lipinski definition) is 3. The summed E-state index contributed by atoms with van der Waals surface area (Å²) in [6.07, 6.45) is -8.96. The van der Waals surface area contributed by atoms with Crippen molar-refractivity contribution < 1.29 is 26.3 Å². The predicted molar refractivity (Wildman–Crippen MR) is 100 cm³/mol. The molecule has 28 heavy (non-hydrogen) atoms. The largest absolute Gasteiger partial charge is 0.416 e. The first-order valence-corrected chi connectivity index (χ1v) is 8.82. The van der Waals surface area contributed by atoms with Crippen LogP contribution in [-0.4, -0.2) is 9.13 Å². The SMILES string of the molecule is FC(F)(F)c1ccc(-n2c(S)c(S)n(-c3ccc(C(F)(F)F)cc3)c2=S)cc1. The van der Waals surface area contributed by atoms with Crippen LogP contribution in [0.4, 0.5) is 26.3 Å². The number of aromatic nitrogens is 2. The number of rotatable bonds is 2. The number of thiol groups is 2. The van der Waals surface area contributed by atoms with Gasteiger partial charge in [0.2, 0.25) is 0 Å². The van der Waals surface area contributed by atoms with Crippen molar-refractivity contribution in [3.8, 4) is 11.4 Å². The smallest absolute Gasteiger partial charge is 0.279 e. The molecule has 0 radical (unpaired) electrons. The summed E-state index contributed by atoms with van der Waals surface area (Å²) in [5, 5.41) is 0.459. The van der Waals surface area contributed by atoms with Crippen LogP contribution in [0.2, 0.25) is 0 Å². The van der Waals surface area contributed by atoms with Crippen molar-refractivity contribution in [2.45, 2.75) is 22.4 Å². The van der Waals surface area contributed by atoms with Gasteiger partial charge in [-0.2, -0.15) is 26.3 Å². The fourth-order valence-electron chi connectivity index (χ4n) is 2.55. The number of imidazole rings is 1. The molecule has 0 spiro atoms. The van der Waals surface area contributed by atoms with Gasteiger partial charge in [0.25, 0.3) is 0 Å². The van der Waals surface area contributed by atoms with Gasteiger partial charge in [-0.05, 0) is 60.7 Å². The molecule has 2 nitrogen and oxygen atoms in total. The first-order valence-electron chi connectivity index (χ1n) is 7.52. The fourth-order valence-corrected chi connectivity index (χ4v) is 3.69. The molecule has 1 aromatic heterocycles. The second kappa shape index (κ2) is 7.20. The fraction of sp³-hybridized carbons (Fsp3) is 0.118. The summed E-state index contributed by atoms with van der Waals surface area (Å²) in [6.45, 7) is 0. The summed E-state index contributed by atoms with van der Waals surface area (Å²) >= 11 is 14.0. The molecule has 11 heteroatoms. The van der Waals surface area contributed by atoms with Crippen LogP contribution in [0, 0.1) is 4.77 Å². The number of alkyl halides is 6. The summed E-state index contributed by atoms with van der Waals surface area (Å²) in [5.74, 6) is 0. The molecule has 0 aliphatic rings. The molecule has 0 saturated carbocycles. The second-order valence-electron chi connectivity index (χ2n) is 5.69. The van der Waals surface area contributed by atoms with Crippen molar-refractivity contribution in [1.29, 1.82) is 0 Å². The lowest BCUT2D eigenvalue weighted by molar-refractivity contribution is -0.138. The maximum absolute atomic E-state index is 12.7. The standard InChI is InChI=1S/C17H10F6N2S3/c18-16(19,20)9-1-5-11(6-2-9)24-13(26)14(27)25(15(24)28)12-7-3-10(4-8-12)17(21,22)23/h1-8,26-27H. The average Bonchev–Trinajstić information content (AvgIpc) is 2.83. The molecule has 0 unspecified atom stereocenters. The van der Waals surface area contributed by atoms with E-state index in [0.717, 1.165) is 24.3 Å². The Morgan fingerprint density at radius 1 is 0.607 bits per heavy atom. The lowest BCUT2D eigenvalue weighted by Gasteiger charge is -2.10. The normalized spacial score (nSPS) is 12.4. The van der Waals surface area contributed by atoms with Crippen LogP contribution in [0.5, 0.6) is 0 Å². The van der Waals surface area contributed by atoms with E-state index >= 15 is 0 Å². The van der Waals surface area contributed by atoms with Gasteiger partial charge in [0.1, 0.15) is 10.1 Å². The molecule has 0 N–H and O–H groups in total. The van der Waals surface area contributed by atoms with E-state index in [4.69, 9.17) is 12.2 Å². The van der Waals surface area contributed by atoms with Gasteiger partial charge in [0, 0.05) is 11.4 Å². The van der Waals surface area contributed by atoms with E-state index in [9.17, 15) is 26.3 Å². The third-order valence-corrected chi connectivity index (χ3v) is 5.28. The van der Waals surface area contributed by atoms with Crippen molar-refractivity contribution in [2.75, 3.05) is 0 Å². The van der Waals surface area contributed by atoms with Crippen LogP contribution in [0.3, 0.4) is 0 Å². The van der Waals surface area contributed by atoms with Crippen LogP contribution in [0.1, 0.15) is 11.1 Å². The Hall–Kier alpha value is -1.85. The quantitative estimate of drug-likeness (QED) is 0.253. The van der Waals surface area contributed by atoms with Gasteiger partial charge in [-0.1, -0.05) is 0 Å². The Kier molecular flexibility index (Phi) is 5.36. The highest BCUT2D eigenvalue weighted by Crippen LogP contribution is 2.33. The average molecular weight is 452 g/mol. The summed E-state index contributed by atoms with van der Waals surface area (Å²) in [7, 11) is 0. The summed E-state index contributed by atoms with van der Waals surface area (Å²) < 4.78 is 79.3. The second-order valence-corrected chi connectivity index (χ2v) is 6.90. The first-order chi connectivity index (χ1) is 12.9. The molecule has 3 aromatic rings. The zero-order valence-corrected chi connectivity index (χ0v) is 16.2. The molecule has 148 valence electrons. The lowest BCUT2D eigenvalue weighted by atomic mass is 10.2. The number of nitrogens with zero attached hydrogens (tertiary/aromatic N) is 2. The third-order valence-electron chi connectivity index (χ3n) is 3.91. The Balaban J connectivity index is 2.09. The molecule has 0 bridgehead atoms. The van der Waals surface area contributed by atoms with Gasteiger partial charge in [-0.3, -0.25) is 9.13 Å². The van der Waals surface area contributed by atoms with Crippen molar-refractivity contribution in [2.24, 2.45) is 0 Å². The van der Waals surface area contributed by atoms with Gasteiger partial charge in [0.05, 0.1) is 11.1 Å². The van der Waals surface area contributed by atoms with E-state index < -0.39 is 23.5 Å². The highest BCUT2D eigenvalue weighted by molar-refractivity contribution is 7.83. The maximum atomic E-state index is 12.7. The van der Waals surface area contributed by atoms with Gasteiger partial charge in [0.15, 0.2) is 4.77 Å². The third kappa shape index (κ3) is 3.83. The highest BCUT2D eigenvalue weighted by atomic mass is 32.1. The molecule has 0 saturated heterocycles.